The average Bonchev–Trinajstić information content (AvgIpc) is 3.35. The smallest absolute Gasteiger partial charge is 0.252 e. The minimum atomic E-state index is -0.715. The van der Waals surface area contributed by atoms with Crippen LogP contribution in [-0.4, -0.2) is 32.8 Å². The monoisotopic (exact) mass is 462 g/mol. The molecule has 1 atom stereocenters. The molecule has 1 aliphatic rings. The Balaban J connectivity index is 1.47. The van der Waals surface area contributed by atoms with Crippen molar-refractivity contribution in [2.75, 3.05) is 10.6 Å². The topological polar surface area (TPSA) is 109 Å². The highest BCUT2D eigenvalue weighted by molar-refractivity contribution is 6.01. The number of aromatic nitrogens is 3. The number of carbonyl (C=O) groups is 2. The summed E-state index contributed by atoms with van der Waals surface area (Å²) >= 11 is 0. The molecular formula is C25H27FN6O2. The maximum atomic E-state index is 13.9. The Morgan fingerprint density at radius 1 is 1.12 bits per heavy atom. The summed E-state index contributed by atoms with van der Waals surface area (Å²) in [6.45, 7) is 1.81. The molecule has 9 heteroatoms. The van der Waals surface area contributed by atoms with Crippen LogP contribution < -0.4 is 16.0 Å². The second-order valence-electron chi connectivity index (χ2n) is 8.51. The van der Waals surface area contributed by atoms with Gasteiger partial charge in [0, 0.05) is 17.4 Å². The van der Waals surface area contributed by atoms with Crippen LogP contribution in [0.3, 0.4) is 0 Å². The first-order chi connectivity index (χ1) is 16.5. The molecule has 2 heterocycles. The van der Waals surface area contributed by atoms with Gasteiger partial charge < -0.3 is 16.0 Å². The minimum Gasteiger partial charge on any atom is -0.353 e. The van der Waals surface area contributed by atoms with Gasteiger partial charge in [-0.25, -0.2) is 9.37 Å². The van der Waals surface area contributed by atoms with E-state index in [1.807, 2.05) is 6.92 Å². The van der Waals surface area contributed by atoms with E-state index in [0.29, 0.717) is 29.4 Å². The summed E-state index contributed by atoms with van der Waals surface area (Å²) in [4.78, 5) is 38.2. The molecular weight excluding hydrogens is 435 g/mol. The summed E-state index contributed by atoms with van der Waals surface area (Å²) in [7, 11) is 0. The van der Waals surface area contributed by atoms with Gasteiger partial charge in [0.1, 0.15) is 6.04 Å². The molecule has 2 amide bonds. The molecule has 34 heavy (non-hydrogen) atoms. The molecule has 176 valence electrons. The van der Waals surface area contributed by atoms with Crippen molar-refractivity contribution in [3.05, 3.63) is 72.2 Å². The number of hydrogen-bond donors (Lipinski definition) is 3. The van der Waals surface area contributed by atoms with Crippen LogP contribution >= 0.6 is 0 Å². The van der Waals surface area contributed by atoms with Crippen molar-refractivity contribution in [1.82, 2.24) is 20.3 Å². The van der Waals surface area contributed by atoms with E-state index in [1.165, 1.54) is 18.5 Å². The van der Waals surface area contributed by atoms with Crippen LogP contribution in [0.5, 0.6) is 0 Å². The summed E-state index contributed by atoms with van der Waals surface area (Å²) in [5, 5.41) is 8.60. The number of halogens is 1. The maximum absolute atomic E-state index is 13.9. The van der Waals surface area contributed by atoms with E-state index in [0.717, 1.165) is 37.6 Å². The summed E-state index contributed by atoms with van der Waals surface area (Å²) in [5.74, 6) is -0.488. The third-order valence-electron chi connectivity index (χ3n) is 5.87. The molecule has 1 aliphatic carbocycles. The predicted molar refractivity (Wildman–Crippen MR) is 127 cm³/mol. The van der Waals surface area contributed by atoms with Crippen molar-refractivity contribution in [3.63, 3.8) is 0 Å². The van der Waals surface area contributed by atoms with Crippen LogP contribution in [0.25, 0.3) is 0 Å². The van der Waals surface area contributed by atoms with E-state index in [9.17, 15) is 14.0 Å². The summed E-state index contributed by atoms with van der Waals surface area (Å²) in [6.07, 6.45) is 10.6. The molecule has 0 spiro atoms. The van der Waals surface area contributed by atoms with Gasteiger partial charge in [-0.1, -0.05) is 31.7 Å². The maximum Gasteiger partial charge on any atom is 0.252 e. The van der Waals surface area contributed by atoms with Gasteiger partial charge >= 0.3 is 0 Å². The molecule has 0 radical (unpaired) electrons. The molecule has 0 bridgehead atoms. The number of benzene rings is 1. The van der Waals surface area contributed by atoms with Crippen LogP contribution in [0.4, 0.5) is 21.6 Å². The summed E-state index contributed by atoms with van der Waals surface area (Å²) < 4.78 is 13.9. The number of nitrogens with zero attached hydrogens (tertiary/aromatic N) is 3. The first-order valence-corrected chi connectivity index (χ1v) is 11.3. The predicted octanol–water partition coefficient (Wildman–Crippen LogP) is 4.38. The molecule has 0 aliphatic heterocycles. The molecule has 1 aromatic carbocycles. The molecule has 8 nitrogen and oxygen atoms in total. The number of rotatable bonds is 8. The summed E-state index contributed by atoms with van der Waals surface area (Å²) in [5.41, 5.74) is 1.91. The molecule has 1 unspecified atom stereocenters. The Morgan fingerprint density at radius 3 is 2.68 bits per heavy atom. The second kappa shape index (κ2) is 10.8. The van der Waals surface area contributed by atoms with E-state index in [2.05, 4.69) is 30.9 Å². The van der Waals surface area contributed by atoms with Crippen molar-refractivity contribution in [2.45, 2.75) is 45.1 Å². The quantitative estimate of drug-likeness (QED) is 0.458. The van der Waals surface area contributed by atoms with Crippen molar-refractivity contribution in [2.24, 2.45) is 5.92 Å². The van der Waals surface area contributed by atoms with Gasteiger partial charge in [0.05, 0.1) is 30.0 Å². The molecule has 0 saturated heterocycles. The molecule has 2 aromatic heterocycles. The van der Waals surface area contributed by atoms with Crippen LogP contribution in [0.1, 0.15) is 48.2 Å². The van der Waals surface area contributed by atoms with Crippen LogP contribution in [0.2, 0.25) is 0 Å². The largest absolute Gasteiger partial charge is 0.353 e. The molecule has 1 saturated carbocycles. The molecule has 3 aromatic rings. The van der Waals surface area contributed by atoms with E-state index < -0.39 is 11.9 Å². The number of nitrogens with one attached hydrogen (secondary N) is 3. The average molecular weight is 463 g/mol. The van der Waals surface area contributed by atoms with Crippen molar-refractivity contribution < 1.29 is 14.0 Å². The van der Waals surface area contributed by atoms with E-state index in [-0.39, 0.29) is 17.5 Å². The van der Waals surface area contributed by atoms with Gasteiger partial charge in [0.25, 0.3) is 5.91 Å². The molecule has 4 rings (SSSR count). The van der Waals surface area contributed by atoms with Gasteiger partial charge in [0.2, 0.25) is 5.91 Å². The second-order valence-corrected chi connectivity index (χ2v) is 8.51. The fourth-order valence-corrected chi connectivity index (χ4v) is 4.09. The van der Waals surface area contributed by atoms with Crippen LogP contribution in [-0.2, 0) is 4.79 Å². The van der Waals surface area contributed by atoms with Gasteiger partial charge in [-0.3, -0.25) is 19.6 Å². The molecule has 3 N–H and O–H groups in total. The lowest BCUT2D eigenvalue weighted by molar-refractivity contribution is -0.118. The van der Waals surface area contributed by atoms with Crippen molar-refractivity contribution >= 4 is 29.0 Å². The zero-order valence-electron chi connectivity index (χ0n) is 18.9. The minimum absolute atomic E-state index is 0.255. The number of hydrogen-bond acceptors (Lipinski definition) is 6. The van der Waals surface area contributed by atoms with Gasteiger partial charge in [-0.05, 0) is 43.5 Å². The fraction of sp³-hybridized carbons (Fsp3) is 0.320. The summed E-state index contributed by atoms with van der Waals surface area (Å²) in [6, 6.07) is 7.50. The van der Waals surface area contributed by atoms with E-state index in [4.69, 9.17) is 0 Å². The van der Waals surface area contributed by atoms with Gasteiger partial charge in [-0.2, -0.15) is 0 Å². The standard InChI is InChI=1S/C25H27FN6O2/c1-16-13-29-23(15-28-16)32-25(34)22(11-17-5-2-3-6-17)31-24(33)18-7-4-8-19(12-18)30-21-9-10-27-14-20(21)26/h4,7-10,12-15,17,22H,2-3,5-6,11H2,1H3,(H,27,30)(H,31,33)(H,29,32,34). The van der Waals surface area contributed by atoms with Gasteiger partial charge in [0.15, 0.2) is 11.6 Å². The number of anilines is 3. The highest BCUT2D eigenvalue weighted by Crippen LogP contribution is 2.29. The lowest BCUT2D eigenvalue weighted by Crippen LogP contribution is -2.45. The van der Waals surface area contributed by atoms with Crippen LogP contribution in [0.15, 0.2) is 55.1 Å². The van der Waals surface area contributed by atoms with Crippen molar-refractivity contribution in [3.8, 4) is 0 Å². The Kier molecular flexibility index (Phi) is 7.41. The lowest BCUT2D eigenvalue weighted by atomic mass is 9.97. The zero-order valence-corrected chi connectivity index (χ0v) is 18.9. The normalized spacial score (nSPS) is 14.4. The van der Waals surface area contributed by atoms with E-state index in [1.54, 1.807) is 30.5 Å². The fourth-order valence-electron chi connectivity index (χ4n) is 4.09. The third-order valence-corrected chi connectivity index (χ3v) is 5.87. The Bertz CT molecular complexity index is 1150. The Morgan fingerprint density at radius 2 is 1.94 bits per heavy atom. The highest BCUT2D eigenvalue weighted by atomic mass is 19.1. The Labute approximate surface area is 197 Å². The number of pyridine rings is 1. The van der Waals surface area contributed by atoms with E-state index >= 15 is 0 Å². The molecule has 1 fully saturated rings. The van der Waals surface area contributed by atoms with Crippen molar-refractivity contribution in [1.29, 1.82) is 0 Å². The van der Waals surface area contributed by atoms with Crippen LogP contribution in [0, 0.1) is 18.7 Å². The number of amides is 2. The number of carbonyl (C=O) groups excluding carboxylic acids is 2. The van der Waals surface area contributed by atoms with Gasteiger partial charge in [-0.15, -0.1) is 0 Å². The zero-order chi connectivity index (χ0) is 23.9. The lowest BCUT2D eigenvalue weighted by Gasteiger charge is -2.21. The highest BCUT2D eigenvalue weighted by Gasteiger charge is 2.27. The SMILES string of the molecule is Cc1cnc(NC(=O)C(CC2CCCC2)NC(=O)c2cccc(Nc3ccncc3F)c2)cn1. The number of aryl methyl sites for hydroxylation is 1. The first kappa shape index (κ1) is 23.3. The first-order valence-electron chi connectivity index (χ1n) is 11.3. The Hall–Kier alpha value is -3.88. The third kappa shape index (κ3) is 6.12.